The highest BCUT2D eigenvalue weighted by atomic mass is 32.1. The highest BCUT2D eigenvalue weighted by Gasteiger charge is 2.21. The summed E-state index contributed by atoms with van der Waals surface area (Å²) < 4.78 is 5.77. The van der Waals surface area contributed by atoms with Crippen LogP contribution >= 0.6 is 11.3 Å². The second-order valence-electron chi connectivity index (χ2n) is 6.99. The van der Waals surface area contributed by atoms with Crippen LogP contribution in [0, 0.1) is 0 Å². The topological polar surface area (TPSA) is 58.6 Å². The first-order chi connectivity index (χ1) is 13.0. The fraction of sp³-hybridized carbons (Fsp3) is 0.429. The highest BCUT2D eigenvalue weighted by Crippen LogP contribution is 2.24. The molecule has 2 amide bonds. The molecule has 0 spiro atoms. The van der Waals surface area contributed by atoms with E-state index in [1.807, 2.05) is 43.0 Å². The molecule has 1 aliphatic rings. The number of benzene rings is 1. The van der Waals surface area contributed by atoms with E-state index in [0.29, 0.717) is 13.1 Å². The molecule has 0 aliphatic carbocycles. The van der Waals surface area contributed by atoms with Crippen molar-refractivity contribution in [3.05, 3.63) is 51.7 Å². The Balaban J connectivity index is 1.44. The third-order valence-electron chi connectivity index (χ3n) is 4.54. The van der Waals surface area contributed by atoms with Gasteiger partial charge < -0.3 is 15.0 Å². The monoisotopic (exact) mass is 386 g/mol. The van der Waals surface area contributed by atoms with E-state index in [-0.39, 0.29) is 30.8 Å². The fourth-order valence-electron chi connectivity index (χ4n) is 3.14. The molecule has 1 N–H and O–H groups in total. The number of hydrogen-bond donors (Lipinski definition) is 1. The van der Waals surface area contributed by atoms with Gasteiger partial charge in [0.2, 0.25) is 11.8 Å². The van der Waals surface area contributed by atoms with Crippen molar-refractivity contribution in [2.75, 3.05) is 6.54 Å². The number of hydrogen-bond acceptors (Lipinski definition) is 4. The molecule has 1 aliphatic heterocycles. The Bertz CT molecular complexity index is 800. The van der Waals surface area contributed by atoms with Gasteiger partial charge in [0.15, 0.2) is 0 Å². The van der Waals surface area contributed by atoms with Crippen LogP contribution in [-0.2, 0) is 29.1 Å². The average Bonchev–Trinajstić information content (AvgIpc) is 3.12. The maximum Gasteiger partial charge on any atom is 0.223 e. The summed E-state index contributed by atoms with van der Waals surface area (Å²) in [5, 5.41) is 4.97. The summed E-state index contributed by atoms with van der Waals surface area (Å²) in [7, 11) is 0. The molecule has 0 radical (unpaired) electrons. The molecule has 144 valence electrons. The summed E-state index contributed by atoms with van der Waals surface area (Å²) in [6.07, 6.45) is 1.44. The molecule has 5 nitrogen and oxygen atoms in total. The number of nitrogens with one attached hydrogen (secondary N) is 1. The van der Waals surface area contributed by atoms with E-state index in [1.165, 1.54) is 10.4 Å². The first-order valence-electron chi connectivity index (χ1n) is 9.37. The van der Waals surface area contributed by atoms with Crippen molar-refractivity contribution in [3.8, 4) is 5.75 Å². The van der Waals surface area contributed by atoms with Crippen LogP contribution in [0.2, 0.25) is 0 Å². The van der Waals surface area contributed by atoms with Gasteiger partial charge in [0.25, 0.3) is 0 Å². The van der Waals surface area contributed by atoms with Gasteiger partial charge in [-0.2, -0.15) is 0 Å². The minimum Gasteiger partial charge on any atom is -0.491 e. The zero-order chi connectivity index (χ0) is 19.2. The van der Waals surface area contributed by atoms with Gasteiger partial charge in [-0.15, -0.1) is 11.3 Å². The molecule has 3 rings (SSSR count). The first kappa shape index (κ1) is 19.4. The standard InChI is InChI=1S/C21H26N2O3S/c1-15(2)26-18-6-4-3-5-16(18)13-22-20(24)7-8-21(25)23-11-9-19-17(14-23)10-12-27-19/h3-6,10,12,15H,7-9,11,13-14H2,1-2H3,(H,22,24). The summed E-state index contributed by atoms with van der Waals surface area (Å²) in [6, 6.07) is 9.77. The van der Waals surface area contributed by atoms with Crippen molar-refractivity contribution < 1.29 is 14.3 Å². The number of nitrogens with zero attached hydrogens (tertiary/aromatic N) is 1. The van der Waals surface area contributed by atoms with Crippen LogP contribution in [0.25, 0.3) is 0 Å². The number of carbonyl (C=O) groups excluding carboxylic acids is 2. The molecule has 1 aromatic carbocycles. The molecule has 0 unspecified atom stereocenters. The maximum atomic E-state index is 12.4. The number of rotatable bonds is 7. The molecule has 2 aromatic rings. The van der Waals surface area contributed by atoms with Crippen molar-refractivity contribution in [3.63, 3.8) is 0 Å². The lowest BCUT2D eigenvalue weighted by Gasteiger charge is -2.27. The highest BCUT2D eigenvalue weighted by molar-refractivity contribution is 7.10. The van der Waals surface area contributed by atoms with Crippen LogP contribution in [0.4, 0.5) is 0 Å². The Morgan fingerprint density at radius 2 is 2.04 bits per heavy atom. The number of para-hydroxylation sites is 1. The van der Waals surface area contributed by atoms with Gasteiger partial charge in [-0.05, 0) is 43.3 Å². The summed E-state index contributed by atoms with van der Waals surface area (Å²) in [5.74, 6) is 0.713. The Kier molecular flexibility index (Phi) is 6.50. The van der Waals surface area contributed by atoms with Crippen LogP contribution in [0.1, 0.15) is 42.7 Å². The quantitative estimate of drug-likeness (QED) is 0.792. The van der Waals surface area contributed by atoms with E-state index in [0.717, 1.165) is 24.3 Å². The minimum absolute atomic E-state index is 0.0468. The minimum atomic E-state index is -0.115. The van der Waals surface area contributed by atoms with Gasteiger partial charge in [-0.1, -0.05) is 18.2 Å². The van der Waals surface area contributed by atoms with Crippen LogP contribution in [0.3, 0.4) is 0 Å². The zero-order valence-corrected chi connectivity index (χ0v) is 16.7. The number of amides is 2. The van der Waals surface area contributed by atoms with Crippen LogP contribution < -0.4 is 10.1 Å². The molecule has 0 saturated carbocycles. The lowest BCUT2D eigenvalue weighted by Crippen LogP contribution is -2.36. The van der Waals surface area contributed by atoms with E-state index in [4.69, 9.17) is 4.74 Å². The number of fused-ring (bicyclic) bond motifs is 1. The van der Waals surface area contributed by atoms with E-state index in [9.17, 15) is 9.59 Å². The molecule has 1 aromatic heterocycles. The number of ether oxygens (including phenoxy) is 1. The fourth-order valence-corrected chi connectivity index (χ4v) is 4.03. The molecule has 0 bridgehead atoms. The van der Waals surface area contributed by atoms with Crippen molar-refractivity contribution in [1.29, 1.82) is 0 Å². The molecule has 0 atom stereocenters. The second kappa shape index (κ2) is 9.04. The van der Waals surface area contributed by atoms with Crippen LogP contribution in [0.15, 0.2) is 35.7 Å². The van der Waals surface area contributed by atoms with Crippen molar-refractivity contribution in [2.24, 2.45) is 0 Å². The Hall–Kier alpha value is -2.34. The predicted molar refractivity (Wildman–Crippen MR) is 107 cm³/mol. The Morgan fingerprint density at radius 3 is 2.85 bits per heavy atom. The average molecular weight is 387 g/mol. The smallest absolute Gasteiger partial charge is 0.223 e. The van der Waals surface area contributed by atoms with E-state index < -0.39 is 0 Å². The third kappa shape index (κ3) is 5.32. The third-order valence-corrected chi connectivity index (χ3v) is 5.56. The van der Waals surface area contributed by atoms with Gasteiger partial charge in [0, 0.05) is 42.9 Å². The first-order valence-corrected chi connectivity index (χ1v) is 10.2. The molecule has 0 saturated heterocycles. The van der Waals surface area contributed by atoms with Gasteiger partial charge in [0.05, 0.1) is 6.10 Å². The Labute approximate surface area is 164 Å². The molecular formula is C21H26N2O3S. The number of thiophene rings is 1. The summed E-state index contributed by atoms with van der Waals surface area (Å²) in [5.41, 5.74) is 2.18. The van der Waals surface area contributed by atoms with Crippen LogP contribution in [-0.4, -0.2) is 29.4 Å². The molecular weight excluding hydrogens is 360 g/mol. The van der Waals surface area contributed by atoms with Crippen molar-refractivity contribution in [1.82, 2.24) is 10.2 Å². The van der Waals surface area contributed by atoms with Crippen molar-refractivity contribution >= 4 is 23.2 Å². The van der Waals surface area contributed by atoms with Crippen LogP contribution in [0.5, 0.6) is 5.75 Å². The molecule has 0 fully saturated rings. The van der Waals surface area contributed by atoms with E-state index in [2.05, 4.69) is 16.8 Å². The zero-order valence-electron chi connectivity index (χ0n) is 15.9. The van der Waals surface area contributed by atoms with Gasteiger partial charge in [-0.25, -0.2) is 0 Å². The summed E-state index contributed by atoms with van der Waals surface area (Å²) in [6.45, 7) is 5.76. The van der Waals surface area contributed by atoms with Gasteiger partial charge in [-0.3, -0.25) is 9.59 Å². The second-order valence-corrected chi connectivity index (χ2v) is 7.99. The largest absolute Gasteiger partial charge is 0.491 e. The molecule has 27 heavy (non-hydrogen) atoms. The lowest BCUT2D eigenvalue weighted by atomic mass is 10.1. The Morgan fingerprint density at radius 1 is 1.22 bits per heavy atom. The number of carbonyl (C=O) groups is 2. The SMILES string of the molecule is CC(C)Oc1ccccc1CNC(=O)CCC(=O)N1CCc2sccc2C1. The summed E-state index contributed by atoms with van der Waals surface area (Å²) >= 11 is 1.75. The molecule has 6 heteroatoms. The van der Waals surface area contributed by atoms with Crippen molar-refractivity contribution in [2.45, 2.75) is 52.3 Å². The van der Waals surface area contributed by atoms with Gasteiger partial charge in [0.1, 0.15) is 5.75 Å². The lowest BCUT2D eigenvalue weighted by molar-refractivity contribution is -0.134. The summed E-state index contributed by atoms with van der Waals surface area (Å²) in [4.78, 5) is 27.8. The normalized spacial score (nSPS) is 13.4. The molecule has 2 heterocycles. The maximum absolute atomic E-state index is 12.4. The van der Waals surface area contributed by atoms with E-state index in [1.54, 1.807) is 11.3 Å². The van der Waals surface area contributed by atoms with E-state index >= 15 is 0 Å². The van der Waals surface area contributed by atoms with Gasteiger partial charge >= 0.3 is 0 Å². The predicted octanol–water partition coefficient (Wildman–Crippen LogP) is 3.52.